The molecule has 5 nitrogen and oxygen atoms in total. The number of likely N-dealkylation sites (N-methyl/N-ethyl adjacent to an activating group) is 1. The second-order valence-electron chi connectivity index (χ2n) is 5.16. The lowest BCUT2D eigenvalue weighted by Gasteiger charge is -2.17. The van der Waals surface area contributed by atoms with E-state index < -0.39 is 5.97 Å². The molecular formula is C14H17N3O2. The largest absolute Gasteiger partial charge is 0.477 e. The minimum Gasteiger partial charge on any atom is -0.477 e. The van der Waals surface area contributed by atoms with E-state index in [0.29, 0.717) is 11.7 Å². The molecule has 0 radical (unpaired) electrons. The Hall–Kier alpha value is -1.88. The first-order valence-corrected chi connectivity index (χ1v) is 6.55. The van der Waals surface area contributed by atoms with Gasteiger partial charge in [0.1, 0.15) is 11.3 Å². The Morgan fingerprint density at radius 1 is 1.53 bits per heavy atom. The number of likely N-dealkylation sites (tertiary alicyclic amines) is 1. The van der Waals surface area contributed by atoms with Crippen LogP contribution in [0.25, 0.3) is 5.65 Å². The summed E-state index contributed by atoms with van der Waals surface area (Å²) in [6.45, 7) is 1.14. The Kier molecular flexibility index (Phi) is 2.98. The molecule has 2 aromatic rings. The molecule has 0 amide bonds. The molecule has 5 heteroatoms. The number of aromatic carboxylic acids is 1. The van der Waals surface area contributed by atoms with Crippen LogP contribution in [0.5, 0.6) is 0 Å². The van der Waals surface area contributed by atoms with E-state index in [4.69, 9.17) is 5.11 Å². The highest BCUT2D eigenvalue weighted by atomic mass is 16.4. The molecule has 1 fully saturated rings. The molecule has 1 saturated heterocycles. The Bertz CT molecular complexity index is 620. The lowest BCUT2D eigenvalue weighted by molar-refractivity contribution is 0.0689. The topological polar surface area (TPSA) is 57.8 Å². The van der Waals surface area contributed by atoms with E-state index in [2.05, 4.69) is 16.9 Å². The van der Waals surface area contributed by atoms with Crippen LogP contribution in [-0.4, -0.2) is 45.0 Å². The zero-order valence-electron chi connectivity index (χ0n) is 10.9. The van der Waals surface area contributed by atoms with Crippen molar-refractivity contribution in [2.75, 3.05) is 13.6 Å². The van der Waals surface area contributed by atoms with Crippen LogP contribution in [0.15, 0.2) is 24.4 Å². The summed E-state index contributed by atoms with van der Waals surface area (Å²) < 4.78 is 1.66. The van der Waals surface area contributed by atoms with Crippen molar-refractivity contribution in [3.05, 3.63) is 35.8 Å². The van der Waals surface area contributed by atoms with E-state index in [1.807, 2.05) is 12.3 Å². The number of pyridine rings is 1. The fourth-order valence-corrected chi connectivity index (χ4v) is 2.81. The molecule has 0 spiro atoms. The maximum Gasteiger partial charge on any atom is 0.352 e. The fourth-order valence-electron chi connectivity index (χ4n) is 2.81. The highest BCUT2D eigenvalue weighted by Gasteiger charge is 2.22. The van der Waals surface area contributed by atoms with E-state index in [-0.39, 0.29) is 5.69 Å². The molecule has 1 atom stereocenters. The molecule has 0 saturated carbocycles. The number of rotatable bonds is 3. The second kappa shape index (κ2) is 4.66. The predicted molar refractivity (Wildman–Crippen MR) is 71.5 cm³/mol. The third-order valence-electron chi connectivity index (χ3n) is 3.88. The Labute approximate surface area is 111 Å². The predicted octanol–water partition coefficient (Wildman–Crippen LogP) is 1.67. The Morgan fingerprint density at radius 3 is 3.05 bits per heavy atom. The van der Waals surface area contributed by atoms with Crippen molar-refractivity contribution in [1.82, 2.24) is 14.3 Å². The maximum absolute atomic E-state index is 11.2. The van der Waals surface area contributed by atoms with Gasteiger partial charge < -0.3 is 10.0 Å². The van der Waals surface area contributed by atoms with Gasteiger partial charge in [0.25, 0.3) is 0 Å². The van der Waals surface area contributed by atoms with Gasteiger partial charge in [0, 0.05) is 18.7 Å². The van der Waals surface area contributed by atoms with E-state index >= 15 is 0 Å². The van der Waals surface area contributed by atoms with Gasteiger partial charge in [-0.05, 0) is 38.6 Å². The Balaban J connectivity index is 1.93. The van der Waals surface area contributed by atoms with Crippen molar-refractivity contribution in [1.29, 1.82) is 0 Å². The molecule has 3 heterocycles. The van der Waals surface area contributed by atoms with Gasteiger partial charge in [0.15, 0.2) is 0 Å². The summed E-state index contributed by atoms with van der Waals surface area (Å²) in [7, 11) is 2.14. The molecule has 0 aliphatic carbocycles. The summed E-state index contributed by atoms with van der Waals surface area (Å²) in [4.78, 5) is 18.0. The van der Waals surface area contributed by atoms with E-state index in [1.54, 1.807) is 16.5 Å². The quantitative estimate of drug-likeness (QED) is 0.911. The van der Waals surface area contributed by atoms with Crippen LogP contribution in [0.2, 0.25) is 0 Å². The average Bonchev–Trinajstić information content (AvgIpc) is 2.95. The van der Waals surface area contributed by atoms with Gasteiger partial charge in [-0.25, -0.2) is 9.78 Å². The zero-order valence-corrected chi connectivity index (χ0v) is 10.9. The molecule has 1 unspecified atom stereocenters. The molecule has 19 heavy (non-hydrogen) atoms. The van der Waals surface area contributed by atoms with E-state index in [0.717, 1.165) is 18.7 Å². The molecule has 0 bridgehead atoms. The van der Waals surface area contributed by atoms with Gasteiger partial charge in [0.2, 0.25) is 0 Å². The molecule has 1 aliphatic heterocycles. The lowest BCUT2D eigenvalue weighted by atomic mass is 10.1. The van der Waals surface area contributed by atoms with Gasteiger partial charge in [-0.15, -0.1) is 0 Å². The van der Waals surface area contributed by atoms with Crippen molar-refractivity contribution in [2.24, 2.45) is 0 Å². The summed E-state index contributed by atoms with van der Waals surface area (Å²) in [5.74, 6) is -0.924. The molecular weight excluding hydrogens is 242 g/mol. The number of fused-ring (bicyclic) bond motifs is 1. The number of hydrogen-bond acceptors (Lipinski definition) is 3. The number of hydrogen-bond donors (Lipinski definition) is 1. The number of nitrogens with zero attached hydrogens (tertiary/aromatic N) is 3. The monoisotopic (exact) mass is 259 g/mol. The first-order chi connectivity index (χ1) is 9.15. The van der Waals surface area contributed by atoms with Crippen LogP contribution < -0.4 is 0 Å². The molecule has 3 rings (SSSR count). The summed E-state index contributed by atoms with van der Waals surface area (Å²) in [5.41, 5.74) is 1.93. The number of carboxylic acids is 1. The fraction of sp³-hybridized carbons (Fsp3) is 0.429. The number of aromatic nitrogens is 2. The summed E-state index contributed by atoms with van der Waals surface area (Å²) >= 11 is 0. The smallest absolute Gasteiger partial charge is 0.352 e. The van der Waals surface area contributed by atoms with Crippen LogP contribution in [0.1, 0.15) is 29.0 Å². The molecule has 100 valence electrons. The first kappa shape index (κ1) is 12.2. The Morgan fingerprint density at radius 2 is 2.37 bits per heavy atom. The molecule has 1 aliphatic rings. The highest BCUT2D eigenvalue weighted by molar-refractivity contribution is 5.86. The van der Waals surface area contributed by atoms with Crippen LogP contribution in [0.3, 0.4) is 0 Å². The van der Waals surface area contributed by atoms with Crippen molar-refractivity contribution in [3.63, 3.8) is 0 Å². The standard InChI is InChI=1S/C14H17N3O2/c1-16-7-3-4-11(16)8-10-9-17-12(14(18)19)5-2-6-13(17)15-10/h2,5-6,9,11H,3-4,7-8H2,1H3,(H,18,19). The zero-order chi connectivity index (χ0) is 13.4. The van der Waals surface area contributed by atoms with Crippen molar-refractivity contribution < 1.29 is 9.90 Å². The summed E-state index contributed by atoms with van der Waals surface area (Å²) in [6, 6.07) is 5.70. The highest BCUT2D eigenvalue weighted by Crippen LogP contribution is 2.19. The van der Waals surface area contributed by atoms with Gasteiger partial charge in [-0.1, -0.05) is 6.07 Å². The number of imidazole rings is 1. The van der Waals surface area contributed by atoms with Crippen molar-refractivity contribution in [2.45, 2.75) is 25.3 Å². The third kappa shape index (κ3) is 2.21. The van der Waals surface area contributed by atoms with Gasteiger partial charge in [0.05, 0.1) is 5.69 Å². The van der Waals surface area contributed by atoms with Crippen molar-refractivity contribution in [3.8, 4) is 0 Å². The van der Waals surface area contributed by atoms with E-state index in [1.165, 1.54) is 12.8 Å². The van der Waals surface area contributed by atoms with Crippen LogP contribution in [0, 0.1) is 0 Å². The van der Waals surface area contributed by atoms with E-state index in [9.17, 15) is 4.79 Å². The van der Waals surface area contributed by atoms with Gasteiger partial charge in [-0.3, -0.25) is 4.40 Å². The SMILES string of the molecule is CN1CCCC1Cc1cn2c(C(=O)O)cccc2n1. The molecule has 0 aromatic carbocycles. The molecule has 1 N–H and O–H groups in total. The van der Waals surface area contributed by atoms with Crippen molar-refractivity contribution >= 4 is 11.6 Å². The normalized spacial score (nSPS) is 20.2. The van der Waals surface area contributed by atoms with Crippen LogP contribution >= 0.6 is 0 Å². The van der Waals surface area contributed by atoms with Crippen LogP contribution in [0.4, 0.5) is 0 Å². The summed E-state index contributed by atoms with van der Waals surface area (Å²) in [5, 5.41) is 9.16. The van der Waals surface area contributed by atoms with Crippen LogP contribution in [-0.2, 0) is 6.42 Å². The average molecular weight is 259 g/mol. The summed E-state index contributed by atoms with van der Waals surface area (Å²) in [6.07, 6.45) is 5.16. The minimum absolute atomic E-state index is 0.260. The number of carbonyl (C=O) groups is 1. The first-order valence-electron chi connectivity index (χ1n) is 6.55. The number of carboxylic acid groups (broad SMARTS) is 1. The second-order valence-corrected chi connectivity index (χ2v) is 5.16. The minimum atomic E-state index is -0.924. The molecule has 2 aromatic heterocycles. The van der Waals surface area contributed by atoms with Gasteiger partial charge >= 0.3 is 5.97 Å². The lowest BCUT2D eigenvalue weighted by Crippen LogP contribution is -2.26. The third-order valence-corrected chi connectivity index (χ3v) is 3.88. The van der Waals surface area contributed by atoms with Gasteiger partial charge in [-0.2, -0.15) is 0 Å². The maximum atomic E-state index is 11.2.